The quantitative estimate of drug-likeness (QED) is 0.773. The van der Waals surface area contributed by atoms with Crippen molar-refractivity contribution in [1.82, 2.24) is 0 Å². The number of amides is 1. The number of halogens is 2. The zero-order valence-corrected chi connectivity index (χ0v) is 13.9. The molecule has 0 aliphatic heterocycles. The van der Waals surface area contributed by atoms with Crippen LogP contribution in [0.15, 0.2) is 40.9 Å². The lowest BCUT2D eigenvalue weighted by atomic mass is 10.1. The van der Waals surface area contributed by atoms with Gasteiger partial charge in [-0.1, -0.05) is 17.7 Å². The van der Waals surface area contributed by atoms with Crippen LogP contribution in [0.25, 0.3) is 0 Å². The number of hydrogen-bond donors (Lipinski definition) is 0. The van der Waals surface area contributed by atoms with Gasteiger partial charge in [-0.2, -0.15) is 0 Å². The van der Waals surface area contributed by atoms with E-state index in [-0.39, 0.29) is 5.91 Å². The molecule has 2 aromatic rings. The minimum Gasteiger partial charge on any atom is -0.308 e. The average Bonchev–Trinajstić information content (AvgIpc) is 2.44. The van der Waals surface area contributed by atoms with Crippen molar-refractivity contribution in [2.24, 2.45) is 0 Å². The lowest BCUT2D eigenvalue weighted by molar-refractivity contribution is 0.0987. The van der Waals surface area contributed by atoms with Gasteiger partial charge < -0.3 is 4.90 Å². The van der Waals surface area contributed by atoms with Crippen molar-refractivity contribution in [2.75, 3.05) is 11.4 Å². The zero-order chi connectivity index (χ0) is 15.6. The van der Waals surface area contributed by atoms with E-state index in [0.717, 1.165) is 16.8 Å². The summed E-state index contributed by atoms with van der Waals surface area (Å²) in [5.74, 6) is -0.631. The maximum absolute atomic E-state index is 13.4. The number of rotatable bonds is 3. The summed E-state index contributed by atoms with van der Waals surface area (Å²) in [4.78, 5) is 14.4. The van der Waals surface area contributed by atoms with E-state index in [0.29, 0.717) is 16.6 Å². The summed E-state index contributed by atoms with van der Waals surface area (Å²) in [5, 5.41) is 0. The zero-order valence-electron chi connectivity index (χ0n) is 12.3. The molecule has 2 nitrogen and oxygen atoms in total. The normalized spacial score (nSPS) is 10.5. The molecular weight excluding hydrogens is 333 g/mol. The summed E-state index contributed by atoms with van der Waals surface area (Å²) in [6.45, 7) is 6.41. The second kappa shape index (κ2) is 6.39. The smallest absolute Gasteiger partial charge is 0.259 e. The molecule has 0 N–H and O–H groups in total. The fraction of sp³-hybridized carbons (Fsp3) is 0.235. The number of carbonyl (C=O) groups excluding carboxylic acids is 1. The van der Waals surface area contributed by atoms with E-state index in [2.05, 4.69) is 15.9 Å². The third-order valence-electron chi connectivity index (χ3n) is 3.36. The number of hydrogen-bond acceptors (Lipinski definition) is 1. The van der Waals surface area contributed by atoms with Crippen molar-refractivity contribution < 1.29 is 9.18 Å². The first-order valence-electron chi connectivity index (χ1n) is 6.78. The molecule has 21 heavy (non-hydrogen) atoms. The molecule has 2 aromatic carbocycles. The summed E-state index contributed by atoms with van der Waals surface area (Å²) < 4.78 is 14.0. The van der Waals surface area contributed by atoms with Gasteiger partial charge in [-0.3, -0.25) is 4.79 Å². The molecule has 0 spiro atoms. The van der Waals surface area contributed by atoms with Gasteiger partial charge in [0.25, 0.3) is 5.91 Å². The summed E-state index contributed by atoms with van der Waals surface area (Å²) in [6, 6.07) is 10.1. The van der Waals surface area contributed by atoms with Gasteiger partial charge in [0.15, 0.2) is 0 Å². The number of nitrogens with zero attached hydrogens (tertiary/aromatic N) is 1. The molecule has 0 unspecified atom stereocenters. The lowest BCUT2D eigenvalue weighted by Gasteiger charge is -2.24. The summed E-state index contributed by atoms with van der Waals surface area (Å²) in [7, 11) is 0. The number of benzene rings is 2. The van der Waals surface area contributed by atoms with Crippen molar-refractivity contribution in [3.63, 3.8) is 0 Å². The van der Waals surface area contributed by atoms with Crippen LogP contribution in [0, 0.1) is 19.7 Å². The van der Waals surface area contributed by atoms with Crippen molar-refractivity contribution in [3.05, 3.63) is 63.4 Å². The first kappa shape index (κ1) is 15.7. The second-order valence-electron chi connectivity index (χ2n) is 4.96. The van der Waals surface area contributed by atoms with Crippen LogP contribution in [0.2, 0.25) is 0 Å². The Kier molecular flexibility index (Phi) is 4.78. The van der Waals surface area contributed by atoms with Gasteiger partial charge in [0.2, 0.25) is 0 Å². The number of aryl methyl sites for hydroxylation is 2. The van der Waals surface area contributed by atoms with Gasteiger partial charge in [0.05, 0.1) is 5.56 Å². The number of carbonyl (C=O) groups is 1. The minimum absolute atomic E-state index is 0.212. The molecule has 0 saturated carbocycles. The SMILES string of the molecule is CCN(C(=O)c1cc(F)ccc1Br)c1ccc(C)cc1C. The van der Waals surface area contributed by atoms with Crippen LogP contribution in [0.4, 0.5) is 10.1 Å². The first-order valence-corrected chi connectivity index (χ1v) is 7.57. The van der Waals surface area contributed by atoms with E-state index < -0.39 is 5.82 Å². The third kappa shape index (κ3) is 3.32. The van der Waals surface area contributed by atoms with Gasteiger partial charge >= 0.3 is 0 Å². The van der Waals surface area contributed by atoms with Gasteiger partial charge in [-0.25, -0.2) is 4.39 Å². The Labute approximate surface area is 132 Å². The van der Waals surface area contributed by atoms with Crippen LogP contribution in [0.5, 0.6) is 0 Å². The average molecular weight is 350 g/mol. The molecule has 0 fully saturated rings. The van der Waals surface area contributed by atoms with Crippen molar-refractivity contribution >= 4 is 27.5 Å². The maximum atomic E-state index is 13.4. The van der Waals surface area contributed by atoms with Gasteiger partial charge in [0, 0.05) is 16.7 Å². The molecular formula is C17H17BrFNO. The molecule has 0 aliphatic rings. The monoisotopic (exact) mass is 349 g/mol. The predicted octanol–water partition coefficient (Wildman–Crippen LogP) is 4.87. The van der Waals surface area contributed by atoms with Crippen molar-refractivity contribution in [1.29, 1.82) is 0 Å². The first-order chi connectivity index (χ1) is 9.93. The Morgan fingerprint density at radius 1 is 1.19 bits per heavy atom. The highest BCUT2D eigenvalue weighted by molar-refractivity contribution is 9.10. The molecule has 110 valence electrons. The summed E-state index contributed by atoms with van der Waals surface area (Å²) >= 11 is 3.32. The van der Waals surface area contributed by atoms with E-state index in [1.165, 1.54) is 12.1 Å². The molecule has 0 atom stereocenters. The van der Waals surface area contributed by atoms with E-state index >= 15 is 0 Å². The van der Waals surface area contributed by atoms with Crippen LogP contribution >= 0.6 is 15.9 Å². The van der Waals surface area contributed by atoms with E-state index in [1.54, 1.807) is 11.0 Å². The minimum atomic E-state index is -0.418. The summed E-state index contributed by atoms with van der Waals surface area (Å²) in [6.07, 6.45) is 0. The molecule has 0 bridgehead atoms. The molecule has 1 amide bonds. The molecule has 0 saturated heterocycles. The van der Waals surface area contributed by atoms with Crippen LogP contribution in [0.1, 0.15) is 28.4 Å². The van der Waals surface area contributed by atoms with E-state index in [4.69, 9.17) is 0 Å². The topological polar surface area (TPSA) is 20.3 Å². The number of anilines is 1. The molecule has 0 aliphatic carbocycles. The Morgan fingerprint density at radius 2 is 1.90 bits per heavy atom. The predicted molar refractivity (Wildman–Crippen MR) is 87.4 cm³/mol. The summed E-state index contributed by atoms with van der Waals surface area (Å²) in [5.41, 5.74) is 3.35. The molecule has 4 heteroatoms. The fourth-order valence-electron chi connectivity index (χ4n) is 2.34. The molecule has 0 radical (unpaired) electrons. The van der Waals surface area contributed by atoms with E-state index in [9.17, 15) is 9.18 Å². The van der Waals surface area contributed by atoms with Gasteiger partial charge in [-0.05, 0) is 66.5 Å². The lowest BCUT2D eigenvalue weighted by Crippen LogP contribution is -2.31. The Bertz CT molecular complexity index is 684. The van der Waals surface area contributed by atoms with Crippen LogP contribution in [0.3, 0.4) is 0 Å². The van der Waals surface area contributed by atoms with E-state index in [1.807, 2.05) is 39.0 Å². The van der Waals surface area contributed by atoms with Gasteiger partial charge in [-0.15, -0.1) is 0 Å². The second-order valence-corrected chi connectivity index (χ2v) is 5.82. The van der Waals surface area contributed by atoms with Crippen LogP contribution in [-0.2, 0) is 0 Å². The van der Waals surface area contributed by atoms with Crippen LogP contribution in [-0.4, -0.2) is 12.5 Å². The highest BCUT2D eigenvalue weighted by atomic mass is 79.9. The third-order valence-corrected chi connectivity index (χ3v) is 4.05. The standard InChI is InChI=1S/C17H17BrFNO/c1-4-20(16-8-5-11(2)9-12(16)3)17(21)14-10-13(19)6-7-15(14)18/h5-10H,4H2,1-3H3. The van der Waals surface area contributed by atoms with Crippen molar-refractivity contribution in [3.8, 4) is 0 Å². The maximum Gasteiger partial charge on any atom is 0.259 e. The molecule has 0 heterocycles. The largest absolute Gasteiger partial charge is 0.308 e. The Balaban J connectivity index is 2.45. The van der Waals surface area contributed by atoms with Crippen molar-refractivity contribution in [2.45, 2.75) is 20.8 Å². The fourth-order valence-corrected chi connectivity index (χ4v) is 2.75. The molecule has 0 aromatic heterocycles. The molecule has 2 rings (SSSR count). The highest BCUT2D eigenvalue weighted by Crippen LogP contribution is 2.26. The highest BCUT2D eigenvalue weighted by Gasteiger charge is 2.20. The Hall–Kier alpha value is -1.68. The van der Waals surface area contributed by atoms with Gasteiger partial charge in [0.1, 0.15) is 5.82 Å². The van der Waals surface area contributed by atoms with Crippen LogP contribution < -0.4 is 4.90 Å². The Morgan fingerprint density at radius 3 is 2.52 bits per heavy atom.